The minimum Gasteiger partial charge on any atom is -0.417 e. The quantitative estimate of drug-likeness (QED) is 0.125. The first kappa shape index (κ1) is 29.6. The molecule has 1 aromatic heterocycles. The van der Waals surface area contributed by atoms with Gasteiger partial charge in [0.1, 0.15) is 20.2 Å². The van der Waals surface area contributed by atoms with Crippen molar-refractivity contribution in [3.8, 4) is 0 Å². The van der Waals surface area contributed by atoms with E-state index in [9.17, 15) is 4.79 Å². The van der Waals surface area contributed by atoms with Gasteiger partial charge in [-0.2, -0.15) is 4.98 Å². The van der Waals surface area contributed by atoms with Gasteiger partial charge in [0, 0.05) is 19.2 Å². The van der Waals surface area contributed by atoms with E-state index in [1.165, 1.54) is 27.7 Å². The molecule has 2 fully saturated rings. The van der Waals surface area contributed by atoms with E-state index in [2.05, 4.69) is 77.7 Å². The van der Waals surface area contributed by atoms with Crippen molar-refractivity contribution in [2.24, 2.45) is 0 Å². The standard InChI is InChI=1S/C36H31N3O3PS2/c40-34-31(45-36(44)39(34)26-27-13-5-1-6-14-27)25-32-37-33(35(42-32)38-21-23-41-24-22-38)43(28-15-7-2-8-16-28,29-17-9-3-10-18-29)30-19-11-4-12-20-30/h1-20,25H,21-24,26H2/q+1/b31-25+. The molecule has 0 bridgehead atoms. The molecule has 2 aliphatic rings. The number of morpholine rings is 1. The third-order valence-corrected chi connectivity index (χ3v) is 13.5. The highest BCUT2D eigenvalue weighted by Gasteiger charge is 2.53. The minimum absolute atomic E-state index is 0.142. The molecule has 45 heavy (non-hydrogen) atoms. The number of benzene rings is 4. The number of rotatable bonds is 8. The van der Waals surface area contributed by atoms with E-state index in [1.807, 2.05) is 48.5 Å². The molecule has 0 unspecified atom stereocenters. The Morgan fingerprint density at radius 2 is 1.29 bits per heavy atom. The molecule has 0 atom stereocenters. The van der Waals surface area contributed by atoms with Crippen LogP contribution in [0.5, 0.6) is 0 Å². The van der Waals surface area contributed by atoms with Gasteiger partial charge in [-0.25, -0.2) is 0 Å². The molecule has 5 aromatic rings. The first-order valence-electron chi connectivity index (χ1n) is 14.8. The van der Waals surface area contributed by atoms with Crippen LogP contribution in [-0.4, -0.2) is 46.4 Å². The normalized spacial score (nSPS) is 16.5. The van der Waals surface area contributed by atoms with Gasteiger partial charge in [0.25, 0.3) is 17.2 Å². The molecule has 2 saturated heterocycles. The molecular formula is C36H31N3O3PS2+. The first-order chi connectivity index (χ1) is 22.1. The largest absolute Gasteiger partial charge is 0.417 e. The Morgan fingerprint density at radius 3 is 1.82 bits per heavy atom. The predicted octanol–water partition coefficient (Wildman–Crippen LogP) is 5.53. The molecule has 1 amide bonds. The Bertz CT molecular complexity index is 1730. The number of ether oxygens (including phenoxy) is 1. The Kier molecular flexibility index (Phi) is 8.64. The smallest absolute Gasteiger partial charge is 0.266 e. The van der Waals surface area contributed by atoms with E-state index in [0.29, 0.717) is 53.8 Å². The molecule has 3 heterocycles. The summed E-state index contributed by atoms with van der Waals surface area (Å²) in [4.78, 5) is 23.3. The van der Waals surface area contributed by atoms with Crippen LogP contribution in [0.2, 0.25) is 0 Å². The molecule has 6 nitrogen and oxygen atoms in total. The minimum atomic E-state index is -2.56. The van der Waals surface area contributed by atoms with E-state index in [0.717, 1.165) is 11.0 Å². The first-order valence-corrected chi connectivity index (χ1v) is 17.9. The van der Waals surface area contributed by atoms with Gasteiger partial charge in [-0.3, -0.25) is 9.69 Å². The molecule has 9 heteroatoms. The Hall–Kier alpha value is -4.07. The lowest BCUT2D eigenvalue weighted by molar-refractivity contribution is -0.122. The Morgan fingerprint density at radius 1 is 0.778 bits per heavy atom. The number of thioether (sulfide) groups is 1. The van der Waals surface area contributed by atoms with Crippen LogP contribution in [0, 0.1) is 0 Å². The number of carbonyl (C=O) groups is 1. The topological polar surface area (TPSA) is 58.8 Å². The summed E-state index contributed by atoms with van der Waals surface area (Å²) in [6, 6.07) is 41.7. The van der Waals surface area contributed by atoms with E-state index in [4.69, 9.17) is 26.4 Å². The van der Waals surface area contributed by atoms with Gasteiger partial charge < -0.3 is 14.1 Å². The molecule has 4 aromatic carbocycles. The maximum Gasteiger partial charge on any atom is 0.266 e. The van der Waals surface area contributed by atoms with Crippen LogP contribution in [0.15, 0.2) is 131 Å². The van der Waals surface area contributed by atoms with Crippen LogP contribution in [0.25, 0.3) is 6.08 Å². The SMILES string of the molecule is O=C1/C(=C\c2nc([P+](c3ccccc3)(c3ccccc3)c3ccccc3)c(N3CCOCC3)o2)SC(=S)N1Cc1ccccc1. The molecule has 0 spiro atoms. The summed E-state index contributed by atoms with van der Waals surface area (Å²) in [6.07, 6.45) is 1.76. The molecule has 7 rings (SSSR count). The number of nitrogens with zero attached hydrogens (tertiary/aromatic N) is 3. The number of hydrogen-bond acceptors (Lipinski definition) is 7. The van der Waals surface area contributed by atoms with Crippen molar-refractivity contribution in [1.29, 1.82) is 0 Å². The van der Waals surface area contributed by atoms with Crippen LogP contribution in [0.1, 0.15) is 11.5 Å². The summed E-state index contributed by atoms with van der Waals surface area (Å²) < 4.78 is 13.0. The molecule has 224 valence electrons. The fourth-order valence-electron chi connectivity index (χ4n) is 5.86. The molecule has 0 aliphatic carbocycles. The monoisotopic (exact) mass is 648 g/mol. The highest BCUT2D eigenvalue weighted by atomic mass is 32.2. The number of aromatic nitrogens is 1. The lowest BCUT2D eigenvalue weighted by Crippen LogP contribution is -2.44. The van der Waals surface area contributed by atoms with Crippen molar-refractivity contribution < 1.29 is 13.9 Å². The number of amides is 1. The Balaban J connectivity index is 1.41. The van der Waals surface area contributed by atoms with Crippen LogP contribution in [0.4, 0.5) is 5.88 Å². The van der Waals surface area contributed by atoms with Gasteiger partial charge in [0.2, 0.25) is 5.89 Å². The van der Waals surface area contributed by atoms with Gasteiger partial charge in [0.15, 0.2) is 7.26 Å². The highest BCUT2D eigenvalue weighted by Crippen LogP contribution is 2.56. The molecule has 0 N–H and O–H groups in total. The number of anilines is 1. The van der Waals surface area contributed by atoms with E-state index >= 15 is 0 Å². The van der Waals surface area contributed by atoms with E-state index in [-0.39, 0.29) is 5.91 Å². The van der Waals surface area contributed by atoms with Crippen molar-refractivity contribution in [3.05, 3.63) is 138 Å². The molecular weight excluding hydrogens is 618 g/mol. The zero-order chi connectivity index (χ0) is 30.6. The highest BCUT2D eigenvalue weighted by molar-refractivity contribution is 8.26. The number of thiocarbonyl (C=S) groups is 1. The summed E-state index contributed by atoms with van der Waals surface area (Å²) in [5, 5.41) is 3.52. The third kappa shape index (κ3) is 5.75. The van der Waals surface area contributed by atoms with Gasteiger partial charge in [-0.15, -0.1) is 0 Å². The van der Waals surface area contributed by atoms with Gasteiger partial charge in [0.05, 0.1) is 24.7 Å². The van der Waals surface area contributed by atoms with Gasteiger partial charge in [-0.1, -0.05) is 109 Å². The summed E-state index contributed by atoms with van der Waals surface area (Å²) >= 11 is 6.94. The molecule has 0 radical (unpaired) electrons. The number of oxazole rings is 1. The van der Waals surface area contributed by atoms with E-state index in [1.54, 1.807) is 11.0 Å². The lowest BCUT2D eigenvalue weighted by atomic mass is 10.2. The second kappa shape index (κ2) is 13.1. The van der Waals surface area contributed by atoms with E-state index < -0.39 is 7.26 Å². The summed E-state index contributed by atoms with van der Waals surface area (Å²) in [7, 11) is -2.56. The van der Waals surface area contributed by atoms with Crippen molar-refractivity contribution in [2.45, 2.75) is 6.54 Å². The third-order valence-electron chi connectivity index (χ3n) is 7.97. The Labute approximate surface area is 273 Å². The van der Waals surface area contributed by atoms with Gasteiger partial charge in [-0.05, 0) is 42.0 Å². The lowest BCUT2D eigenvalue weighted by Gasteiger charge is -2.30. The number of hydrogen-bond donors (Lipinski definition) is 0. The molecule has 2 aliphatic heterocycles. The summed E-state index contributed by atoms with van der Waals surface area (Å²) in [6.45, 7) is 2.98. The van der Waals surface area contributed by atoms with Crippen LogP contribution < -0.4 is 26.2 Å². The van der Waals surface area contributed by atoms with Crippen molar-refractivity contribution in [3.63, 3.8) is 0 Å². The summed E-state index contributed by atoms with van der Waals surface area (Å²) in [5.74, 6) is 0.963. The fraction of sp³-hybridized carbons (Fsp3) is 0.139. The second-order valence-electron chi connectivity index (χ2n) is 10.7. The zero-order valence-corrected chi connectivity index (χ0v) is 27.0. The maximum absolute atomic E-state index is 13.6. The molecule has 0 saturated carbocycles. The van der Waals surface area contributed by atoms with Crippen LogP contribution in [-0.2, 0) is 16.1 Å². The van der Waals surface area contributed by atoms with Crippen molar-refractivity contribution >= 4 is 74.8 Å². The zero-order valence-electron chi connectivity index (χ0n) is 24.5. The van der Waals surface area contributed by atoms with Crippen molar-refractivity contribution in [2.75, 3.05) is 31.2 Å². The predicted molar refractivity (Wildman–Crippen MR) is 189 cm³/mol. The van der Waals surface area contributed by atoms with Crippen LogP contribution in [0.3, 0.4) is 0 Å². The summed E-state index contributed by atoms with van der Waals surface area (Å²) in [5.41, 5.74) is 1.89. The number of carbonyl (C=O) groups excluding carboxylic acids is 1. The second-order valence-corrected chi connectivity index (χ2v) is 15.7. The average molecular weight is 649 g/mol. The van der Waals surface area contributed by atoms with Gasteiger partial charge >= 0.3 is 0 Å². The fourth-order valence-corrected chi connectivity index (χ4v) is 11.3. The maximum atomic E-state index is 13.6. The van der Waals surface area contributed by atoms with Crippen molar-refractivity contribution in [1.82, 2.24) is 9.88 Å². The van der Waals surface area contributed by atoms with Crippen LogP contribution >= 0.6 is 31.2 Å². The average Bonchev–Trinajstić information content (AvgIpc) is 3.64.